The van der Waals surface area contributed by atoms with Crippen LogP contribution in [0.4, 0.5) is 0 Å². The predicted octanol–water partition coefficient (Wildman–Crippen LogP) is 2.43. The molecule has 0 radical (unpaired) electrons. The van der Waals surface area contributed by atoms with Gasteiger partial charge in [-0.15, -0.1) is 0 Å². The van der Waals surface area contributed by atoms with Gasteiger partial charge in [0.25, 0.3) is 0 Å². The summed E-state index contributed by atoms with van der Waals surface area (Å²) >= 11 is 2.14. The summed E-state index contributed by atoms with van der Waals surface area (Å²) in [6.07, 6.45) is 7.77. The van der Waals surface area contributed by atoms with Crippen LogP contribution in [0.5, 0.6) is 0 Å². The molecular weight excluding hydrogens is 156 g/mol. The zero-order valence-corrected chi connectivity index (χ0v) is 7.91. The minimum Gasteiger partial charge on any atom is -0.396 e. The smallest absolute Gasteiger partial charge is 0.0431 e. The number of unbranched alkanes of at least 4 members (excludes halogenated alkanes) is 2. The number of hydrogen-bond acceptors (Lipinski definition) is 2. The van der Waals surface area contributed by atoms with Crippen LogP contribution in [0.3, 0.4) is 0 Å². The molecule has 0 aromatic rings. The molecule has 1 fully saturated rings. The van der Waals surface area contributed by atoms with Crippen LogP contribution in [0.25, 0.3) is 0 Å². The molecule has 1 nitrogen and oxygen atoms in total. The lowest BCUT2D eigenvalue weighted by molar-refractivity contribution is 0.282. The second-order valence-corrected chi connectivity index (χ2v) is 4.62. The first-order chi connectivity index (χ1) is 5.43. The van der Waals surface area contributed by atoms with E-state index in [0.29, 0.717) is 6.61 Å². The molecule has 1 aliphatic rings. The quantitative estimate of drug-likeness (QED) is 0.646. The third-order valence-corrected chi connectivity index (χ3v) is 3.68. The largest absolute Gasteiger partial charge is 0.396 e. The monoisotopic (exact) mass is 174 g/mol. The van der Waals surface area contributed by atoms with Crippen molar-refractivity contribution in [3.63, 3.8) is 0 Å². The van der Waals surface area contributed by atoms with Crippen LogP contribution in [-0.4, -0.2) is 22.7 Å². The Hall–Kier alpha value is 0.310. The van der Waals surface area contributed by atoms with Gasteiger partial charge in [0.05, 0.1) is 0 Å². The molecule has 1 unspecified atom stereocenters. The summed E-state index contributed by atoms with van der Waals surface area (Å²) in [7, 11) is 0. The van der Waals surface area contributed by atoms with Crippen molar-refractivity contribution in [2.45, 2.75) is 43.8 Å². The highest BCUT2D eigenvalue weighted by Gasteiger charge is 2.14. The van der Waals surface area contributed by atoms with Crippen molar-refractivity contribution in [3.8, 4) is 0 Å². The van der Waals surface area contributed by atoms with E-state index in [0.717, 1.165) is 11.7 Å². The SMILES string of the molecule is OCCCCCC1CCCS1. The van der Waals surface area contributed by atoms with Crippen LogP contribution < -0.4 is 0 Å². The maximum absolute atomic E-state index is 8.55. The maximum atomic E-state index is 8.55. The molecule has 1 atom stereocenters. The summed E-state index contributed by atoms with van der Waals surface area (Å²) in [5.74, 6) is 1.38. The van der Waals surface area contributed by atoms with Crippen LogP contribution in [0.15, 0.2) is 0 Å². The van der Waals surface area contributed by atoms with Crippen molar-refractivity contribution in [2.24, 2.45) is 0 Å². The summed E-state index contributed by atoms with van der Waals surface area (Å²) in [5.41, 5.74) is 0. The van der Waals surface area contributed by atoms with Crippen molar-refractivity contribution < 1.29 is 5.11 Å². The summed E-state index contributed by atoms with van der Waals surface area (Å²) in [4.78, 5) is 0. The van der Waals surface area contributed by atoms with Crippen molar-refractivity contribution in [1.82, 2.24) is 0 Å². The van der Waals surface area contributed by atoms with E-state index in [9.17, 15) is 0 Å². The Morgan fingerprint density at radius 1 is 1.27 bits per heavy atom. The summed E-state index contributed by atoms with van der Waals surface area (Å²) in [6.45, 7) is 0.373. The van der Waals surface area contributed by atoms with E-state index < -0.39 is 0 Å². The molecule has 66 valence electrons. The Bertz CT molecular complexity index is 89.6. The Labute approximate surface area is 73.6 Å². The number of thioether (sulfide) groups is 1. The molecule has 0 amide bonds. The van der Waals surface area contributed by atoms with Gasteiger partial charge in [-0.1, -0.05) is 12.8 Å². The molecule has 1 heterocycles. The van der Waals surface area contributed by atoms with E-state index >= 15 is 0 Å². The van der Waals surface area contributed by atoms with Crippen LogP contribution in [-0.2, 0) is 0 Å². The normalized spacial score (nSPS) is 24.3. The molecule has 0 aliphatic carbocycles. The second kappa shape index (κ2) is 5.90. The van der Waals surface area contributed by atoms with Crippen LogP contribution in [0.1, 0.15) is 38.5 Å². The van der Waals surface area contributed by atoms with Crippen LogP contribution >= 0.6 is 11.8 Å². The fraction of sp³-hybridized carbons (Fsp3) is 1.00. The maximum Gasteiger partial charge on any atom is 0.0431 e. The Kier molecular flexibility index (Phi) is 5.04. The first-order valence-electron chi connectivity index (χ1n) is 4.66. The van der Waals surface area contributed by atoms with E-state index in [2.05, 4.69) is 11.8 Å². The summed E-state index contributed by atoms with van der Waals surface area (Å²) in [6, 6.07) is 0. The summed E-state index contributed by atoms with van der Waals surface area (Å²) < 4.78 is 0. The first kappa shape index (κ1) is 9.40. The molecule has 0 spiro atoms. The minimum atomic E-state index is 0.373. The fourth-order valence-electron chi connectivity index (χ4n) is 1.53. The number of rotatable bonds is 5. The molecule has 1 N–H and O–H groups in total. The van der Waals surface area contributed by atoms with Gasteiger partial charge in [0.2, 0.25) is 0 Å². The average molecular weight is 174 g/mol. The van der Waals surface area contributed by atoms with E-state index in [1.807, 2.05) is 0 Å². The molecule has 0 aromatic heterocycles. The van der Waals surface area contributed by atoms with Gasteiger partial charge in [0, 0.05) is 11.9 Å². The van der Waals surface area contributed by atoms with Gasteiger partial charge < -0.3 is 5.11 Å². The fourth-order valence-corrected chi connectivity index (χ4v) is 2.87. The zero-order chi connectivity index (χ0) is 7.94. The molecule has 1 saturated heterocycles. The Morgan fingerprint density at radius 2 is 2.18 bits per heavy atom. The van der Waals surface area contributed by atoms with E-state index in [-0.39, 0.29) is 0 Å². The van der Waals surface area contributed by atoms with Crippen molar-refractivity contribution >= 4 is 11.8 Å². The van der Waals surface area contributed by atoms with Gasteiger partial charge in [-0.2, -0.15) is 11.8 Å². The van der Waals surface area contributed by atoms with Gasteiger partial charge in [0.15, 0.2) is 0 Å². The average Bonchev–Trinajstić information content (AvgIpc) is 2.50. The van der Waals surface area contributed by atoms with Gasteiger partial charge in [0.1, 0.15) is 0 Å². The third kappa shape index (κ3) is 4.02. The van der Waals surface area contributed by atoms with Gasteiger partial charge in [-0.25, -0.2) is 0 Å². The topological polar surface area (TPSA) is 20.2 Å². The molecule has 11 heavy (non-hydrogen) atoms. The van der Waals surface area contributed by atoms with Gasteiger partial charge >= 0.3 is 0 Å². The van der Waals surface area contributed by atoms with Crippen molar-refractivity contribution in [2.75, 3.05) is 12.4 Å². The number of aliphatic hydroxyl groups excluding tert-OH is 1. The molecule has 0 saturated carbocycles. The van der Waals surface area contributed by atoms with Crippen molar-refractivity contribution in [3.05, 3.63) is 0 Å². The molecular formula is C9H18OS. The van der Waals surface area contributed by atoms with Crippen LogP contribution in [0.2, 0.25) is 0 Å². The lowest BCUT2D eigenvalue weighted by Crippen LogP contribution is -1.96. The minimum absolute atomic E-state index is 0.373. The van der Waals surface area contributed by atoms with E-state index in [1.54, 1.807) is 0 Å². The van der Waals surface area contributed by atoms with Gasteiger partial charge in [-0.3, -0.25) is 0 Å². The first-order valence-corrected chi connectivity index (χ1v) is 5.71. The van der Waals surface area contributed by atoms with E-state index in [1.165, 1.54) is 37.9 Å². The number of aliphatic hydroxyl groups is 1. The van der Waals surface area contributed by atoms with Gasteiger partial charge in [-0.05, 0) is 31.4 Å². The highest BCUT2D eigenvalue weighted by Crippen LogP contribution is 2.29. The standard InChI is InChI=1S/C9H18OS/c10-7-3-1-2-5-9-6-4-8-11-9/h9-10H,1-8H2. The summed E-state index contributed by atoms with van der Waals surface area (Å²) in [5, 5.41) is 9.51. The highest BCUT2D eigenvalue weighted by atomic mass is 32.2. The molecule has 0 bridgehead atoms. The molecule has 0 aromatic carbocycles. The lowest BCUT2D eigenvalue weighted by atomic mass is 10.1. The second-order valence-electron chi connectivity index (χ2n) is 3.21. The van der Waals surface area contributed by atoms with E-state index in [4.69, 9.17) is 5.11 Å². The Balaban J connectivity index is 1.86. The Morgan fingerprint density at radius 3 is 2.82 bits per heavy atom. The highest BCUT2D eigenvalue weighted by molar-refractivity contribution is 8.00. The van der Waals surface area contributed by atoms with Crippen molar-refractivity contribution in [1.29, 1.82) is 0 Å². The lowest BCUT2D eigenvalue weighted by Gasteiger charge is -2.06. The van der Waals surface area contributed by atoms with Crippen LogP contribution in [0, 0.1) is 0 Å². The molecule has 1 aliphatic heterocycles. The number of hydrogen-bond donors (Lipinski definition) is 1. The zero-order valence-electron chi connectivity index (χ0n) is 7.09. The molecule has 2 heteroatoms. The predicted molar refractivity (Wildman–Crippen MR) is 51.0 cm³/mol. The molecule has 1 rings (SSSR count). The third-order valence-electron chi connectivity index (χ3n) is 2.21.